The molecule has 0 radical (unpaired) electrons. The topological polar surface area (TPSA) is 77.3 Å². The monoisotopic (exact) mass is 395 g/mol. The molecular weight excluding hydrogens is 368 g/mol. The molecule has 0 aliphatic carbocycles. The van der Waals surface area contributed by atoms with Gasteiger partial charge < -0.3 is 25.1 Å². The van der Waals surface area contributed by atoms with Crippen molar-refractivity contribution in [2.45, 2.75) is 19.4 Å². The Balaban J connectivity index is 1.43. The molecule has 2 heterocycles. The first kappa shape index (κ1) is 19.3. The van der Waals surface area contributed by atoms with Gasteiger partial charge in [-0.25, -0.2) is 0 Å². The van der Waals surface area contributed by atoms with Crippen molar-refractivity contribution in [3.63, 3.8) is 0 Å². The third-order valence-electron chi connectivity index (χ3n) is 5.72. The van der Waals surface area contributed by atoms with Crippen molar-refractivity contribution in [1.82, 2.24) is 0 Å². The maximum absolute atomic E-state index is 13.2. The van der Waals surface area contributed by atoms with Crippen LogP contribution in [0.5, 0.6) is 5.75 Å². The Morgan fingerprint density at radius 2 is 1.76 bits per heavy atom. The second-order valence-electron chi connectivity index (χ2n) is 7.78. The molecule has 3 N–H and O–H groups in total. The molecule has 0 saturated carbocycles. The number of piperazine rings is 1. The summed E-state index contributed by atoms with van der Waals surface area (Å²) in [7, 11) is 0. The van der Waals surface area contributed by atoms with E-state index in [9.17, 15) is 14.7 Å². The maximum atomic E-state index is 13.2. The number of rotatable bonds is 3. The number of fused-ring (bicyclic) bond motifs is 1. The number of phenols is 1. The van der Waals surface area contributed by atoms with Crippen molar-refractivity contribution in [2.24, 2.45) is 0 Å². The zero-order valence-corrected chi connectivity index (χ0v) is 16.6. The number of nitrogens with one attached hydrogen (secondary N) is 2. The van der Waals surface area contributed by atoms with Crippen LogP contribution in [-0.2, 0) is 9.59 Å². The molecule has 1 fully saturated rings. The van der Waals surface area contributed by atoms with E-state index in [1.165, 1.54) is 4.90 Å². The predicted molar refractivity (Wildman–Crippen MR) is 113 cm³/mol. The average Bonchev–Trinajstić information content (AvgIpc) is 2.83. The van der Waals surface area contributed by atoms with Crippen molar-refractivity contribution in [3.05, 3.63) is 48.5 Å². The molecule has 1 atom stereocenters. The average molecular weight is 395 g/mol. The largest absolute Gasteiger partial charge is 0.506 e. The van der Waals surface area contributed by atoms with E-state index in [0.29, 0.717) is 18.0 Å². The minimum Gasteiger partial charge on any atom is -0.506 e. The van der Waals surface area contributed by atoms with Crippen molar-refractivity contribution in [1.29, 1.82) is 0 Å². The molecule has 7 heteroatoms. The van der Waals surface area contributed by atoms with Crippen molar-refractivity contribution >= 4 is 28.9 Å². The van der Waals surface area contributed by atoms with Gasteiger partial charge in [-0.3, -0.25) is 9.59 Å². The molecule has 1 saturated heterocycles. The number of benzene rings is 2. The predicted octanol–water partition coefficient (Wildman–Crippen LogP) is 0.861. The van der Waals surface area contributed by atoms with E-state index in [4.69, 9.17) is 0 Å². The van der Waals surface area contributed by atoms with E-state index >= 15 is 0 Å². The third-order valence-corrected chi connectivity index (χ3v) is 5.72. The second-order valence-corrected chi connectivity index (χ2v) is 7.78. The van der Waals surface area contributed by atoms with E-state index < -0.39 is 0 Å². The Bertz CT molecular complexity index is 908. The first-order chi connectivity index (χ1) is 14.0. The maximum Gasteiger partial charge on any atom is 0.282 e. The van der Waals surface area contributed by atoms with Gasteiger partial charge in [0.2, 0.25) is 5.91 Å². The molecule has 0 spiro atoms. The summed E-state index contributed by atoms with van der Waals surface area (Å²) < 4.78 is 0. The van der Waals surface area contributed by atoms with Crippen LogP contribution in [0.1, 0.15) is 13.3 Å². The lowest BCUT2D eigenvalue weighted by Gasteiger charge is -2.35. The van der Waals surface area contributed by atoms with E-state index in [2.05, 4.69) is 10.2 Å². The SMILES string of the molecule is C[C@H]1CC(=O)Nc2ccccc2N1C(=O)C[NH+]1CCN(c2ccccc2O)CC1. The van der Waals surface area contributed by atoms with Gasteiger partial charge in [0, 0.05) is 12.5 Å². The highest BCUT2D eigenvalue weighted by molar-refractivity contribution is 6.04. The van der Waals surface area contributed by atoms with Crippen LogP contribution in [0.25, 0.3) is 0 Å². The Morgan fingerprint density at radius 3 is 2.48 bits per heavy atom. The summed E-state index contributed by atoms with van der Waals surface area (Å²) in [5, 5.41) is 13.0. The fraction of sp³-hybridized carbons (Fsp3) is 0.364. The summed E-state index contributed by atoms with van der Waals surface area (Å²) in [5.41, 5.74) is 2.30. The zero-order valence-electron chi connectivity index (χ0n) is 16.6. The first-order valence-electron chi connectivity index (χ1n) is 10.1. The molecule has 0 bridgehead atoms. The van der Waals surface area contributed by atoms with Gasteiger partial charge in [0.25, 0.3) is 5.91 Å². The number of phenolic OH excluding ortho intramolecular Hbond substituents is 1. The molecule has 2 aromatic rings. The number of anilines is 3. The summed E-state index contributed by atoms with van der Waals surface area (Å²) in [6.45, 7) is 5.52. The van der Waals surface area contributed by atoms with Gasteiger partial charge >= 0.3 is 0 Å². The molecule has 2 amide bonds. The van der Waals surface area contributed by atoms with Gasteiger partial charge in [-0.05, 0) is 31.2 Å². The van der Waals surface area contributed by atoms with Gasteiger partial charge in [-0.2, -0.15) is 0 Å². The van der Waals surface area contributed by atoms with Gasteiger partial charge in [-0.1, -0.05) is 24.3 Å². The first-order valence-corrected chi connectivity index (χ1v) is 10.1. The summed E-state index contributed by atoms with van der Waals surface area (Å²) in [6, 6.07) is 14.7. The molecule has 29 heavy (non-hydrogen) atoms. The van der Waals surface area contributed by atoms with Gasteiger partial charge in [0.05, 0.1) is 43.2 Å². The van der Waals surface area contributed by atoms with Crippen LogP contribution in [0.4, 0.5) is 17.1 Å². The lowest BCUT2D eigenvalue weighted by molar-refractivity contribution is -0.892. The van der Waals surface area contributed by atoms with E-state index in [0.717, 1.165) is 37.6 Å². The Labute approximate surface area is 170 Å². The fourth-order valence-corrected chi connectivity index (χ4v) is 4.24. The van der Waals surface area contributed by atoms with Gasteiger partial charge in [-0.15, -0.1) is 0 Å². The lowest BCUT2D eigenvalue weighted by atomic mass is 10.1. The zero-order chi connectivity index (χ0) is 20.4. The Morgan fingerprint density at radius 1 is 1.10 bits per heavy atom. The molecule has 2 aromatic carbocycles. The van der Waals surface area contributed by atoms with E-state index in [1.807, 2.05) is 49.4 Å². The van der Waals surface area contributed by atoms with Crippen LogP contribution in [0.3, 0.4) is 0 Å². The summed E-state index contributed by atoms with van der Waals surface area (Å²) in [6.07, 6.45) is 0.289. The summed E-state index contributed by atoms with van der Waals surface area (Å²) >= 11 is 0. The third kappa shape index (κ3) is 4.05. The van der Waals surface area contributed by atoms with Gasteiger partial charge in [0.1, 0.15) is 5.75 Å². The number of carbonyl (C=O) groups excluding carboxylic acids is 2. The number of quaternary nitrogens is 1. The number of nitrogens with zero attached hydrogens (tertiary/aromatic N) is 2. The molecule has 152 valence electrons. The molecule has 0 unspecified atom stereocenters. The minimum absolute atomic E-state index is 0.0347. The molecule has 0 aromatic heterocycles. The van der Waals surface area contributed by atoms with Crippen LogP contribution in [-0.4, -0.2) is 55.7 Å². The van der Waals surface area contributed by atoms with E-state index in [1.54, 1.807) is 11.0 Å². The normalized spacial score (nSPS) is 20.0. The smallest absolute Gasteiger partial charge is 0.282 e. The standard InChI is InChI=1S/C22H26N4O3/c1-16-14-21(28)23-17-6-2-3-7-18(17)26(16)22(29)15-24-10-12-25(13-11-24)19-8-4-5-9-20(19)27/h2-9,16,27H,10-15H2,1H3,(H,23,28)/p+1/t16-/m0/s1. The highest BCUT2D eigenvalue weighted by Gasteiger charge is 2.32. The molecule has 2 aliphatic rings. The Kier molecular flexibility index (Phi) is 5.40. The molecule has 4 rings (SSSR count). The number of amides is 2. The number of aromatic hydroxyl groups is 1. The van der Waals surface area contributed by atoms with Crippen LogP contribution in [0.15, 0.2) is 48.5 Å². The molecular formula is C22H27N4O3+. The minimum atomic E-state index is -0.187. The summed E-state index contributed by atoms with van der Waals surface area (Å²) in [5.74, 6) is 0.260. The van der Waals surface area contributed by atoms with Crippen LogP contribution < -0.4 is 20.0 Å². The number of hydrogen-bond acceptors (Lipinski definition) is 4. The van der Waals surface area contributed by atoms with E-state index in [-0.39, 0.29) is 24.3 Å². The number of carbonyl (C=O) groups is 2. The lowest BCUT2D eigenvalue weighted by Crippen LogP contribution is -3.16. The fourth-order valence-electron chi connectivity index (χ4n) is 4.24. The van der Waals surface area contributed by atoms with Crippen molar-refractivity contribution in [2.75, 3.05) is 47.8 Å². The highest BCUT2D eigenvalue weighted by Crippen LogP contribution is 2.31. The summed E-state index contributed by atoms with van der Waals surface area (Å²) in [4.78, 5) is 30.5. The Hall–Kier alpha value is -3.06. The van der Waals surface area contributed by atoms with Crippen LogP contribution in [0.2, 0.25) is 0 Å². The molecule has 2 aliphatic heterocycles. The second kappa shape index (κ2) is 8.13. The van der Waals surface area contributed by atoms with Gasteiger partial charge in [0.15, 0.2) is 6.54 Å². The molecule has 7 nitrogen and oxygen atoms in total. The quantitative estimate of drug-likeness (QED) is 0.721. The van der Waals surface area contributed by atoms with Crippen molar-refractivity contribution < 1.29 is 19.6 Å². The number of para-hydroxylation sites is 4. The van der Waals surface area contributed by atoms with Crippen molar-refractivity contribution in [3.8, 4) is 5.75 Å². The van der Waals surface area contributed by atoms with Crippen LogP contribution in [0, 0.1) is 0 Å². The van der Waals surface area contributed by atoms with Crippen LogP contribution >= 0.6 is 0 Å². The highest BCUT2D eigenvalue weighted by atomic mass is 16.3. The number of hydrogen-bond donors (Lipinski definition) is 3.